The molecule has 1 aromatic rings. The van der Waals surface area contributed by atoms with Gasteiger partial charge < -0.3 is 15.7 Å². The van der Waals surface area contributed by atoms with Crippen LogP contribution in [0.1, 0.15) is 6.42 Å². The molecule has 1 aromatic carbocycles. The highest BCUT2D eigenvalue weighted by Gasteiger charge is 2.19. The number of thioether (sulfide) groups is 1. The lowest BCUT2D eigenvalue weighted by Crippen LogP contribution is -2.43. The Bertz CT molecular complexity index is 502. The van der Waals surface area contributed by atoms with E-state index in [1.165, 1.54) is 23.9 Å². The number of rotatable bonds is 6. The van der Waals surface area contributed by atoms with Crippen molar-refractivity contribution in [2.75, 3.05) is 17.3 Å². The Morgan fingerprint density at radius 2 is 2.20 bits per heavy atom. The number of amides is 2. The van der Waals surface area contributed by atoms with Crippen molar-refractivity contribution < 1.29 is 19.1 Å². The third kappa shape index (κ3) is 5.26. The molecule has 0 aliphatic heterocycles. The molecular weight excluding hydrogens is 307 g/mol. The van der Waals surface area contributed by atoms with Gasteiger partial charge >= 0.3 is 12.0 Å². The highest BCUT2D eigenvalue weighted by Crippen LogP contribution is 2.18. The molecule has 0 spiro atoms. The van der Waals surface area contributed by atoms with E-state index in [0.29, 0.717) is 12.2 Å². The molecule has 0 fully saturated rings. The first-order chi connectivity index (χ1) is 9.43. The van der Waals surface area contributed by atoms with Gasteiger partial charge in [0.2, 0.25) is 0 Å². The van der Waals surface area contributed by atoms with Crippen LogP contribution in [0.25, 0.3) is 0 Å². The first-order valence-corrected chi connectivity index (χ1v) is 7.45. The maximum absolute atomic E-state index is 13.2. The molecule has 110 valence electrons. The van der Waals surface area contributed by atoms with E-state index >= 15 is 0 Å². The molecule has 3 N–H and O–H groups in total. The average Bonchev–Trinajstić information content (AvgIpc) is 2.38. The van der Waals surface area contributed by atoms with Gasteiger partial charge in [0.05, 0.1) is 5.02 Å². The molecule has 0 aliphatic carbocycles. The van der Waals surface area contributed by atoms with Crippen molar-refractivity contribution >= 4 is 41.1 Å². The van der Waals surface area contributed by atoms with Crippen molar-refractivity contribution in [1.82, 2.24) is 5.32 Å². The summed E-state index contributed by atoms with van der Waals surface area (Å²) in [5.74, 6) is -1.18. The van der Waals surface area contributed by atoms with Crippen molar-refractivity contribution in [3.8, 4) is 0 Å². The number of halogens is 2. The Balaban J connectivity index is 2.60. The summed E-state index contributed by atoms with van der Waals surface area (Å²) < 4.78 is 13.2. The van der Waals surface area contributed by atoms with E-state index in [9.17, 15) is 14.0 Å². The number of urea groups is 1. The molecule has 1 rings (SSSR count). The van der Waals surface area contributed by atoms with Gasteiger partial charge in [-0.3, -0.25) is 0 Å². The third-order valence-electron chi connectivity index (χ3n) is 2.39. The normalized spacial score (nSPS) is 11.8. The van der Waals surface area contributed by atoms with Crippen LogP contribution in [0.4, 0.5) is 14.9 Å². The van der Waals surface area contributed by atoms with Gasteiger partial charge in [0.1, 0.15) is 11.9 Å². The predicted octanol–water partition coefficient (Wildman–Crippen LogP) is 2.81. The fourth-order valence-electron chi connectivity index (χ4n) is 1.39. The molecular formula is C12H14ClFN2O3S. The van der Waals surface area contributed by atoms with Crippen LogP contribution >= 0.6 is 23.4 Å². The molecule has 0 radical (unpaired) electrons. The third-order valence-corrected chi connectivity index (χ3v) is 3.34. The van der Waals surface area contributed by atoms with Gasteiger partial charge in [0, 0.05) is 5.69 Å². The SMILES string of the molecule is CSCCC(NC(=O)Nc1ccc(Cl)c(F)c1)C(=O)O. The zero-order valence-corrected chi connectivity index (χ0v) is 12.2. The lowest BCUT2D eigenvalue weighted by Gasteiger charge is -2.14. The van der Waals surface area contributed by atoms with Crippen LogP contribution in [0.2, 0.25) is 5.02 Å². The number of nitrogens with one attached hydrogen (secondary N) is 2. The Labute approximate surface area is 124 Å². The number of carboxylic acids is 1. The monoisotopic (exact) mass is 320 g/mol. The highest BCUT2D eigenvalue weighted by molar-refractivity contribution is 7.98. The minimum atomic E-state index is -1.11. The molecule has 1 atom stereocenters. The van der Waals surface area contributed by atoms with Crippen LogP contribution in [0.5, 0.6) is 0 Å². The van der Waals surface area contributed by atoms with Gasteiger partial charge in [0.25, 0.3) is 0 Å². The number of aliphatic carboxylic acids is 1. The predicted molar refractivity (Wildman–Crippen MR) is 78.0 cm³/mol. The molecule has 0 bridgehead atoms. The minimum Gasteiger partial charge on any atom is -0.480 e. The van der Waals surface area contributed by atoms with Crippen LogP contribution in [0.15, 0.2) is 18.2 Å². The largest absolute Gasteiger partial charge is 0.480 e. The van der Waals surface area contributed by atoms with Crippen LogP contribution in [0, 0.1) is 5.82 Å². The minimum absolute atomic E-state index is 0.0562. The second-order valence-electron chi connectivity index (χ2n) is 3.90. The van der Waals surface area contributed by atoms with Crippen molar-refractivity contribution in [2.45, 2.75) is 12.5 Å². The molecule has 5 nitrogen and oxygen atoms in total. The zero-order valence-electron chi connectivity index (χ0n) is 10.7. The summed E-state index contributed by atoms with van der Waals surface area (Å²) in [7, 11) is 0. The summed E-state index contributed by atoms with van der Waals surface area (Å²) >= 11 is 7.00. The fraction of sp³-hybridized carbons (Fsp3) is 0.333. The van der Waals surface area contributed by atoms with Crippen LogP contribution in [-0.4, -0.2) is 35.2 Å². The Morgan fingerprint density at radius 3 is 2.75 bits per heavy atom. The van der Waals surface area contributed by atoms with Crippen LogP contribution in [-0.2, 0) is 4.79 Å². The Morgan fingerprint density at radius 1 is 1.50 bits per heavy atom. The summed E-state index contributed by atoms with van der Waals surface area (Å²) in [4.78, 5) is 22.6. The number of carbonyl (C=O) groups is 2. The lowest BCUT2D eigenvalue weighted by molar-refractivity contribution is -0.139. The average molecular weight is 321 g/mol. The van der Waals surface area contributed by atoms with Crippen molar-refractivity contribution in [1.29, 1.82) is 0 Å². The standard InChI is InChI=1S/C12H14ClFN2O3S/c1-20-5-4-10(11(17)18)16-12(19)15-7-2-3-8(13)9(14)6-7/h2-3,6,10H,4-5H2,1H3,(H,17,18)(H2,15,16,19). The summed E-state index contributed by atoms with van der Waals surface area (Å²) in [6, 6.07) is 2.08. The number of anilines is 1. The molecule has 0 heterocycles. The lowest BCUT2D eigenvalue weighted by atomic mass is 10.2. The van der Waals surface area contributed by atoms with Crippen molar-refractivity contribution in [2.24, 2.45) is 0 Å². The topological polar surface area (TPSA) is 78.4 Å². The first kappa shape index (κ1) is 16.6. The Hall–Kier alpha value is -1.47. The van der Waals surface area contributed by atoms with E-state index in [2.05, 4.69) is 10.6 Å². The Kier molecular flexibility index (Phi) is 6.60. The second kappa shape index (κ2) is 7.96. The summed E-state index contributed by atoms with van der Waals surface area (Å²) in [6.07, 6.45) is 2.15. The number of carboxylic acid groups (broad SMARTS) is 1. The van der Waals surface area contributed by atoms with Gasteiger partial charge in [-0.25, -0.2) is 14.0 Å². The summed E-state index contributed by atoms with van der Waals surface area (Å²) in [5, 5.41) is 13.6. The molecule has 0 aromatic heterocycles. The highest BCUT2D eigenvalue weighted by atomic mass is 35.5. The molecule has 20 heavy (non-hydrogen) atoms. The van der Waals surface area contributed by atoms with Gasteiger partial charge in [-0.05, 0) is 36.6 Å². The molecule has 0 aliphatic rings. The van der Waals surface area contributed by atoms with Gasteiger partial charge in [-0.1, -0.05) is 11.6 Å². The van der Waals surface area contributed by atoms with E-state index in [1.54, 1.807) is 0 Å². The van der Waals surface area contributed by atoms with Crippen molar-refractivity contribution in [3.05, 3.63) is 29.0 Å². The summed E-state index contributed by atoms with van der Waals surface area (Å²) in [6.45, 7) is 0. The van der Waals surface area contributed by atoms with Gasteiger partial charge in [-0.15, -0.1) is 0 Å². The van der Waals surface area contributed by atoms with Gasteiger partial charge in [-0.2, -0.15) is 11.8 Å². The van der Waals surface area contributed by atoms with E-state index in [4.69, 9.17) is 16.7 Å². The van der Waals surface area contributed by atoms with Crippen LogP contribution < -0.4 is 10.6 Å². The zero-order chi connectivity index (χ0) is 15.1. The van der Waals surface area contributed by atoms with E-state index in [1.807, 2.05) is 6.26 Å². The second-order valence-corrected chi connectivity index (χ2v) is 5.29. The fourth-order valence-corrected chi connectivity index (χ4v) is 1.98. The summed E-state index contributed by atoms with van der Waals surface area (Å²) in [5.41, 5.74) is 0.193. The molecule has 0 saturated heterocycles. The number of carbonyl (C=O) groups excluding carboxylic acids is 1. The molecule has 1 unspecified atom stereocenters. The molecule has 0 saturated carbocycles. The maximum atomic E-state index is 13.2. The smallest absolute Gasteiger partial charge is 0.326 e. The molecule has 8 heteroatoms. The van der Waals surface area contributed by atoms with E-state index < -0.39 is 23.9 Å². The number of benzene rings is 1. The number of hydrogen-bond donors (Lipinski definition) is 3. The van der Waals surface area contributed by atoms with Crippen molar-refractivity contribution in [3.63, 3.8) is 0 Å². The van der Waals surface area contributed by atoms with Gasteiger partial charge in [0.15, 0.2) is 0 Å². The van der Waals surface area contributed by atoms with E-state index in [-0.39, 0.29) is 10.7 Å². The molecule has 2 amide bonds. The van der Waals surface area contributed by atoms with Crippen LogP contribution in [0.3, 0.4) is 0 Å². The quantitative estimate of drug-likeness (QED) is 0.753. The first-order valence-electron chi connectivity index (χ1n) is 5.68. The maximum Gasteiger partial charge on any atom is 0.326 e. The number of hydrogen-bond acceptors (Lipinski definition) is 3. The van der Waals surface area contributed by atoms with E-state index in [0.717, 1.165) is 6.07 Å².